The maximum absolute atomic E-state index is 14.6. The van der Waals surface area contributed by atoms with Gasteiger partial charge in [-0.05, 0) is 48.0 Å². The van der Waals surface area contributed by atoms with E-state index in [0.717, 1.165) is 11.1 Å². The molecule has 11 nitrogen and oxygen atoms in total. The summed E-state index contributed by atoms with van der Waals surface area (Å²) in [5, 5.41) is 15.0. The summed E-state index contributed by atoms with van der Waals surface area (Å²) in [6, 6.07) is 13.1. The molecule has 0 unspecified atom stereocenters. The van der Waals surface area contributed by atoms with Crippen LogP contribution in [0.1, 0.15) is 23.7 Å². The average Bonchev–Trinajstić information content (AvgIpc) is 3.71. The SMILES string of the molecule is CC(=O)c1cn(CC(=O)N2C[C@H](F)C[C@H]2C(=O)Nc2noc(-c3ccccc3Cl)n2)c2ccc(-c3ccnnc3)cc12. The Labute approximate surface area is 243 Å². The number of likely N-dealkylation sites (tertiary alicyclic amines) is 1. The van der Waals surface area contributed by atoms with Crippen LogP contribution in [0.5, 0.6) is 0 Å². The summed E-state index contributed by atoms with van der Waals surface area (Å²) in [6.45, 7) is 1.01. The topological polar surface area (TPSA) is 136 Å². The van der Waals surface area contributed by atoms with Gasteiger partial charge in [-0.2, -0.15) is 15.2 Å². The van der Waals surface area contributed by atoms with E-state index in [2.05, 4.69) is 25.7 Å². The van der Waals surface area contributed by atoms with Crippen molar-refractivity contribution in [2.45, 2.75) is 32.1 Å². The zero-order valence-corrected chi connectivity index (χ0v) is 23.0. The minimum atomic E-state index is -1.39. The van der Waals surface area contributed by atoms with Gasteiger partial charge in [0.1, 0.15) is 18.8 Å². The fourth-order valence-electron chi connectivity index (χ4n) is 5.11. The maximum atomic E-state index is 14.6. The van der Waals surface area contributed by atoms with Gasteiger partial charge in [0.15, 0.2) is 5.78 Å². The van der Waals surface area contributed by atoms with Crippen LogP contribution in [0.3, 0.4) is 0 Å². The number of carbonyl (C=O) groups is 3. The van der Waals surface area contributed by atoms with Gasteiger partial charge in [-0.3, -0.25) is 19.7 Å². The van der Waals surface area contributed by atoms with Gasteiger partial charge in [0, 0.05) is 34.6 Å². The molecule has 13 heteroatoms. The molecule has 0 aliphatic carbocycles. The lowest BCUT2D eigenvalue weighted by atomic mass is 10.0. The van der Waals surface area contributed by atoms with E-state index in [1.54, 1.807) is 53.5 Å². The minimum absolute atomic E-state index is 0.0998. The lowest BCUT2D eigenvalue weighted by Crippen LogP contribution is -2.44. The number of halogens is 2. The van der Waals surface area contributed by atoms with E-state index in [1.807, 2.05) is 18.2 Å². The Morgan fingerprint density at radius 2 is 1.95 bits per heavy atom. The summed E-state index contributed by atoms with van der Waals surface area (Å²) in [4.78, 5) is 44.4. The van der Waals surface area contributed by atoms with Crippen molar-refractivity contribution in [1.82, 2.24) is 29.8 Å². The van der Waals surface area contributed by atoms with Crippen molar-refractivity contribution in [3.63, 3.8) is 0 Å². The zero-order valence-electron chi connectivity index (χ0n) is 22.2. The van der Waals surface area contributed by atoms with Crippen LogP contribution < -0.4 is 5.32 Å². The molecular weight excluding hydrogens is 565 g/mol. The number of fused-ring (bicyclic) bond motifs is 1. The molecule has 2 aromatic carbocycles. The van der Waals surface area contributed by atoms with Crippen molar-refractivity contribution in [1.29, 1.82) is 0 Å². The first-order valence-corrected chi connectivity index (χ1v) is 13.4. The van der Waals surface area contributed by atoms with Crippen molar-refractivity contribution in [2.75, 3.05) is 11.9 Å². The van der Waals surface area contributed by atoms with Crippen LogP contribution in [-0.4, -0.2) is 66.2 Å². The number of hydrogen-bond donors (Lipinski definition) is 1. The number of nitrogens with one attached hydrogen (secondary N) is 1. The summed E-state index contributed by atoms with van der Waals surface area (Å²) in [6.07, 6.45) is 3.23. The number of hydrogen-bond acceptors (Lipinski definition) is 8. The monoisotopic (exact) mass is 587 g/mol. The number of rotatable bonds is 7. The largest absolute Gasteiger partial charge is 0.337 e. The highest BCUT2D eigenvalue weighted by Crippen LogP contribution is 2.30. The van der Waals surface area contributed by atoms with E-state index < -0.39 is 24.0 Å². The van der Waals surface area contributed by atoms with Crippen molar-refractivity contribution < 1.29 is 23.3 Å². The van der Waals surface area contributed by atoms with Crippen LogP contribution in [0.25, 0.3) is 33.5 Å². The molecule has 0 bridgehead atoms. The van der Waals surface area contributed by atoms with Crippen LogP contribution >= 0.6 is 11.6 Å². The molecule has 1 saturated heterocycles. The Balaban J connectivity index is 1.22. The van der Waals surface area contributed by atoms with Gasteiger partial charge in [0.05, 0.1) is 29.5 Å². The molecule has 2 amide bonds. The first-order valence-electron chi connectivity index (χ1n) is 13.0. The lowest BCUT2D eigenvalue weighted by molar-refractivity contribution is -0.137. The van der Waals surface area contributed by atoms with Gasteiger partial charge in [0.2, 0.25) is 11.8 Å². The maximum Gasteiger partial charge on any atom is 0.270 e. The number of amides is 2. The molecule has 1 fully saturated rings. The average molecular weight is 588 g/mol. The Bertz CT molecular complexity index is 1820. The first kappa shape index (κ1) is 27.2. The van der Waals surface area contributed by atoms with Gasteiger partial charge in [-0.15, -0.1) is 0 Å². The highest BCUT2D eigenvalue weighted by atomic mass is 35.5. The number of ketones is 1. The molecule has 4 heterocycles. The highest BCUT2D eigenvalue weighted by Gasteiger charge is 2.40. The number of benzene rings is 2. The van der Waals surface area contributed by atoms with Crippen LogP contribution in [0.4, 0.5) is 10.3 Å². The minimum Gasteiger partial charge on any atom is -0.337 e. The number of anilines is 1. The first-order chi connectivity index (χ1) is 20.3. The molecule has 0 radical (unpaired) electrons. The fourth-order valence-corrected chi connectivity index (χ4v) is 5.32. The van der Waals surface area contributed by atoms with E-state index in [1.165, 1.54) is 11.8 Å². The normalized spacial score (nSPS) is 16.6. The smallest absolute Gasteiger partial charge is 0.270 e. The summed E-state index contributed by atoms with van der Waals surface area (Å²) in [5.41, 5.74) is 3.23. The van der Waals surface area contributed by atoms with E-state index in [9.17, 15) is 18.8 Å². The van der Waals surface area contributed by atoms with Crippen LogP contribution in [0, 0.1) is 0 Å². The van der Waals surface area contributed by atoms with E-state index in [0.29, 0.717) is 27.1 Å². The van der Waals surface area contributed by atoms with Crippen LogP contribution in [0.2, 0.25) is 5.02 Å². The van der Waals surface area contributed by atoms with Gasteiger partial charge >= 0.3 is 0 Å². The third-order valence-corrected chi connectivity index (χ3v) is 7.45. The second kappa shape index (κ2) is 11.1. The molecule has 1 aliphatic heterocycles. The third kappa shape index (κ3) is 5.23. The third-order valence-electron chi connectivity index (χ3n) is 7.12. The molecule has 1 aliphatic rings. The number of nitrogens with zero attached hydrogens (tertiary/aromatic N) is 6. The molecule has 3 aromatic heterocycles. The van der Waals surface area contributed by atoms with Gasteiger partial charge in [-0.25, -0.2) is 4.39 Å². The molecular formula is C29H23ClFN7O4. The zero-order chi connectivity index (χ0) is 29.4. The summed E-state index contributed by atoms with van der Waals surface area (Å²) in [5.74, 6) is -1.33. The van der Waals surface area contributed by atoms with Crippen LogP contribution in [-0.2, 0) is 16.1 Å². The van der Waals surface area contributed by atoms with Crippen molar-refractivity contribution in [2.24, 2.45) is 0 Å². The summed E-state index contributed by atoms with van der Waals surface area (Å²) in [7, 11) is 0. The van der Waals surface area contributed by atoms with E-state index >= 15 is 0 Å². The molecule has 0 spiro atoms. The van der Waals surface area contributed by atoms with E-state index in [4.69, 9.17) is 16.1 Å². The predicted molar refractivity (Wildman–Crippen MR) is 151 cm³/mol. The Hall–Kier alpha value is -4.97. The molecule has 42 heavy (non-hydrogen) atoms. The molecule has 0 saturated carbocycles. The number of Topliss-reactive ketones (excluding diaryl/α,β-unsaturated/α-hetero) is 1. The molecule has 5 aromatic rings. The summed E-state index contributed by atoms with van der Waals surface area (Å²) >= 11 is 6.18. The molecule has 6 rings (SSSR count). The van der Waals surface area contributed by atoms with Gasteiger partial charge in [0.25, 0.3) is 11.8 Å². The van der Waals surface area contributed by atoms with Gasteiger partial charge in [-0.1, -0.05) is 29.8 Å². The molecule has 212 valence electrons. The summed E-state index contributed by atoms with van der Waals surface area (Å²) < 4.78 is 21.4. The van der Waals surface area contributed by atoms with Crippen LogP contribution in [0.15, 0.2) is 71.6 Å². The Kier molecular flexibility index (Phi) is 7.21. The lowest BCUT2D eigenvalue weighted by Gasteiger charge is -2.23. The highest BCUT2D eigenvalue weighted by molar-refractivity contribution is 6.33. The van der Waals surface area contributed by atoms with Crippen molar-refractivity contribution in [3.8, 4) is 22.6 Å². The predicted octanol–water partition coefficient (Wildman–Crippen LogP) is 4.58. The second-order valence-electron chi connectivity index (χ2n) is 9.88. The number of aromatic nitrogens is 5. The standard InChI is InChI=1S/C29H23ClFN7O4/c1-16(39)22-14-37(24-7-6-17(10-21(22)24)18-8-9-32-33-12-18)15-26(40)38-13-19(31)11-25(38)27(41)34-29-35-28(42-36-29)20-4-2-3-5-23(20)30/h2-10,12,14,19,25H,11,13,15H2,1H3,(H,34,36,41)/t19-,25+/m1/s1. The fraction of sp³-hybridized carbons (Fsp3) is 0.207. The Morgan fingerprint density at radius 3 is 2.71 bits per heavy atom. The number of carbonyl (C=O) groups excluding carboxylic acids is 3. The molecule has 1 N–H and O–H groups in total. The van der Waals surface area contributed by atoms with Crippen molar-refractivity contribution >= 4 is 46.0 Å². The second-order valence-corrected chi connectivity index (χ2v) is 10.3. The molecule has 2 atom stereocenters. The quantitative estimate of drug-likeness (QED) is 0.273. The Morgan fingerprint density at radius 1 is 1.12 bits per heavy atom. The number of alkyl halides is 1. The van der Waals surface area contributed by atoms with Gasteiger partial charge < -0.3 is 14.0 Å². The van der Waals surface area contributed by atoms with E-state index in [-0.39, 0.29) is 37.1 Å². The van der Waals surface area contributed by atoms with Crippen molar-refractivity contribution in [3.05, 3.63) is 77.7 Å².